The number of hydrogen-bond donors (Lipinski definition) is 1. The van der Waals surface area contributed by atoms with Gasteiger partial charge in [-0.3, -0.25) is 4.79 Å². The summed E-state index contributed by atoms with van der Waals surface area (Å²) in [6.07, 6.45) is 1.67. The minimum atomic E-state index is -0.239. The second kappa shape index (κ2) is 9.52. The Morgan fingerprint density at radius 2 is 1.79 bits per heavy atom. The van der Waals surface area contributed by atoms with E-state index >= 15 is 0 Å². The number of benzene rings is 2. The van der Waals surface area contributed by atoms with Crippen molar-refractivity contribution in [3.05, 3.63) is 56.9 Å². The second-order valence-corrected chi connectivity index (χ2v) is 8.08. The molecule has 0 atom stereocenters. The number of carbonyl (C=O) groups is 1. The molecule has 0 aromatic heterocycles. The molecule has 0 saturated carbocycles. The number of thioether (sulfide) groups is 1. The number of methoxy groups -OCH3 is 1. The van der Waals surface area contributed by atoms with Crippen LogP contribution in [0.15, 0.2) is 41.3 Å². The number of carbonyl (C=O) groups excluding carboxylic acids is 1. The normalized spacial score (nSPS) is 14.9. The predicted molar refractivity (Wildman–Crippen MR) is 117 cm³/mol. The fourth-order valence-electron chi connectivity index (χ4n) is 2.37. The molecule has 0 radical (unpaired) electrons. The van der Waals surface area contributed by atoms with E-state index in [1.165, 1.54) is 11.8 Å². The molecule has 28 heavy (non-hydrogen) atoms. The Morgan fingerprint density at radius 3 is 2.43 bits per heavy atom. The Kier molecular flexibility index (Phi) is 7.07. The Hall–Kier alpha value is -1.93. The quantitative estimate of drug-likeness (QED) is 0.362. The fraction of sp³-hybridized carbons (Fsp3) is 0.158. The van der Waals surface area contributed by atoms with E-state index < -0.39 is 0 Å². The second-order valence-electron chi connectivity index (χ2n) is 5.54. The van der Waals surface area contributed by atoms with Crippen LogP contribution >= 0.6 is 47.2 Å². The summed E-state index contributed by atoms with van der Waals surface area (Å²) in [7, 11) is 1.60. The molecule has 1 amide bonds. The molecule has 1 fully saturated rings. The van der Waals surface area contributed by atoms with Crippen LogP contribution in [0.25, 0.3) is 6.08 Å². The smallest absolute Gasteiger partial charge is 0.263 e. The van der Waals surface area contributed by atoms with Crippen molar-refractivity contribution in [2.75, 3.05) is 20.3 Å². The van der Waals surface area contributed by atoms with E-state index in [0.29, 0.717) is 48.7 Å². The molecule has 1 heterocycles. The number of ether oxygens (including phenoxy) is 3. The molecular weight excluding hydrogens is 441 g/mol. The van der Waals surface area contributed by atoms with Crippen molar-refractivity contribution >= 4 is 63.5 Å². The fourth-order valence-corrected chi connectivity index (χ4v) is 4.02. The zero-order valence-electron chi connectivity index (χ0n) is 14.7. The minimum Gasteiger partial charge on any atom is -0.497 e. The third kappa shape index (κ3) is 5.32. The standard InChI is InChI=1S/C19H15Cl2NO4S2/c1-24-12-3-2-4-13(10-12)25-5-6-26-17-14(20)7-11(8-15(17)21)9-16-18(23)22-19(27)28-16/h2-4,7-10H,5-6H2,1H3,(H,22,23,27). The average Bonchev–Trinajstić information content (AvgIpc) is 2.97. The van der Waals surface area contributed by atoms with Crippen LogP contribution < -0.4 is 19.5 Å². The van der Waals surface area contributed by atoms with Gasteiger partial charge in [0.1, 0.15) is 29.0 Å². The highest BCUT2D eigenvalue weighted by Crippen LogP contribution is 2.36. The summed E-state index contributed by atoms with van der Waals surface area (Å²) in [4.78, 5) is 12.2. The van der Waals surface area contributed by atoms with E-state index in [1.54, 1.807) is 31.4 Å². The Balaban J connectivity index is 1.61. The molecule has 0 aliphatic carbocycles. The summed E-state index contributed by atoms with van der Waals surface area (Å²) < 4.78 is 16.9. The molecule has 9 heteroatoms. The summed E-state index contributed by atoms with van der Waals surface area (Å²) >= 11 is 18.7. The monoisotopic (exact) mass is 455 g/mol. The van der Waals surface area contributed by atoms with Gasteiger partial charge in [0.15, 0.2) is 5.75 Å². The molecular formula is C19H15Cl2NO4S2. The highest BCUT2D eigenvalue weighted by Gasteiger charge is 2.22. The van der Waals surface area contributed by atoms with Crippen LogP contribution in [-0.2, 0) is 4.79 Å². The van der Waals surface area contributed by atoms with Crippen LogP contribution in [0.5, 0.6) is 17.2 Å². The lowest BCUT2D eigenvalue weighted by Crippen LogP contribution is -2.17. The first kappa shape index (κ1) is 20.8. The average molecular weight is 456 g/mol. The van der Waals surface area contributed by atoms with Crippen molar-refractivity contribution in [3.8, 4) is 17.2 Å². The summed E-state index contributed by atoms with van der Waals surface area (Å²) in [6.45, 7) is 0.559. The lowest BCUT2D eigenvalue weighted by atomic mass is 10.2. The van der Waals surface area contributed by atoms with Crippen molar-refractivity contribution in [3.63, 3.8) is 0 Å². The van der Waals surface area contributed by atoms with Crippen LogP contribution in [-0.4, -0.2) is 30.6 Å². The van der Waals surface area contributed by atoms with Crippen LogP contribution in [0.4, 0.5) is 0 Å². The van der Waals surface area contributed by atoms with E-state index in [2.05, 4.69) is 5.32 Å². The SMILES string of the molecule is COc1cccc(OCCOc2c(Cl)cc(C=C3SC(=S)NC3=O)cc2Cl)c1. The van der Waals surface area contributed by atoms with Gasteiger partial charge in [0, 0.05) is 6.07 Å². The Morgan fingerprint density at radius 1 is 1.11 bits per heavy atom. The van der Waals surface area contributed by atoms with Crippen LogP contribution in [0.2, 0.25) is 10.0 Å². The zero-order valence-corrected chi connectivity index (χ0v) is 17.8. The topological polar surface area (TPSA) is 56.8 Å². The van der Waals surface area contributed by atoms with Gasteiger partial charge in [-0.15, -0.1) is 0 Å². The van der Waals surface area contributed by atoms with Gasteiger partial charge in [0.05, 0.1) is 22.1 Å². The van der Waals surface area contributed by atoms with Gasteiger partial charge >= 0.3 is 0 Å². The zero-order chi connectivity index (χ0) is 20.1. The number of rotatable bonds is 7. The lowest BCUT2D eigenvalue weighted by Gasteiger charge is -2.12. The van der Waals surface area contributed by atoms with Crippen molar-refractivity contribution in [1.82, 2.24) is 5.32 Å². The maximum absolute atomic E-state index is 11.8. The molecule has 2 aromatic carbocycles. The molecule has 1 saturated heterocycles. The van der Waals surface area contributed by atoms with Gasteiger partial charge in [-0.2, -0.15) is 0 Å². The van der Waals surface area contributed by atoms with Gasteiger partial charge < -0.3 is 19.5 Å². The maximum atomic E-state index is 11.8. The Labute approximate surface area is 181 Å². The molecule has 3 rings (SSSR count). The number of hydrogen-bond acceptors (Lipinski definition) is 6. The van der Waals surface area contributed by atoms with Gasteiger partial charge in [-0.05, 0) is 35.9 Å². The molecule has 5 nitrogen and oxygen atoms in total. The van der Waals surface area contributed by atoms with Crippen molar-refractivity contribution in [2.45, 2.75) is 0 Å². The van der Waals surface area contributed by atoms with Crippen molar-refractivity contribution < 1.29 is 19.0 Å². The van der Waals surface area contributed by atoms with Crippen LogP contribution in [0, 0.1) is 0 Å². The van der Waals surface area contributed by atoms with Crippen molar-refractivity contribution in [2.24, 2.45) is 0 Å². The first-order valence-corrected chi connectivity index (χ1v) is 10.1. The summed E-state index contributed by atoms with van der Waals surface area (Å²) in [5.41, 5.74) is 0.678. The minimum absolute atomic E-state index is 0.239. The van der Waals surface area contributed by atoms with Gasteiger partial charge in [0.25, 0.3) is 5.91 Å². The van der Waals surface area contributed by atoms with E-state index in [0.717, 1.165) is 0 Å². The first-order chi connectivity index (χ1) is 13.5. The molecule has 1 aliphatic rings. The third-order valence-corrected chi connectivity index (χ3v) is 5.32. The van der Waals surface area contributed by atoms with E-state index in [1.807, 2.05) is 18.2 Å². The molecule has 0 unspecified atom stereocenters. The highest BCUT2D eigenvalue weighted by atomic mass is 35.5. The maximum Gasteiger partial charge on any atom is 0.263 e. The molecule has 0 spiro atoms. The van der Waals surface area contributed by atoms with E-state index in [9.17, 15) is 4.79 Å². The number of amides is 1. The van der Waals surface area contributed by atoms with Crippen LogP contribution in [0.3, 0.4) is 0 Å². The number of thiocarbonyl (C=S) groups is 1. The largest absolute Gasteiger partial charge is 0.497 e. The van der Waals surface area contributed by atoms with Gasteiger partial charge in [0.2, 0.25) is 0 Å². The highest BCUT2D eigenvalue weighted by molar-refractivity contribution is 8.26. The van der Waals surface area contributed by atoms with Gasteiger partial charge in [-0.1, -0.05) is 53.2 Å². The van der Waals surface area contributed by atoms with Gasteiger partial charge in [-0.25, -0.2) is 0 Å². The van der Waals surface area contributed by atoms with Crippen LogP contribution in [0.1, 0.15) is 5.56 Å². The van der Waals surface area contributed by atoms with E-state index in [-0.39, 0.29) is 12.5 Å². The molecule has 2 aromatic rings. The van der Waals surface area contributed by atoms with Crippen molar-refractivity contribution in [1.29, 1.82) is 0 Å². The molecule has 1 aliphatic heterocycles. The Bertz CT molecular complexity index is 926. The molecule has 1 N–H and O–H groups in total. The summed E-state index contributed by atoms with van der Waals surface area (Å²) in [6, 6.07) is 10.6. The predicted octanol–water partition coefficient (Wildman–Crippen LogP) is 4.95. The third-order valence-electron chi connectivity index (χ3n) is 3.60. The van der Waals surface area contributed by atoms with E-state index in [4.69, 9.17) is 49.6 Å². The lowest BCUT2D eigenvalue weighted by molar-refractivity contribution is -0.115. The first-order valence-electron chi connectivity index (χ1n) is 8.10. The number of halogens is 2. The summed E-state index contributed by atoms with van der Waals surface area (Å²) in [5, 5.41) is 3.24. The number of nitrogens with one attached hydrogen (secondary N) is 1. The summed E-state index contributed by atoms with van der Waals surface area (Å²) in [5.74, 6) is 1.51. The molecule has 146 valence electrons. The molecule has 0 bridgehead atoms.